The summed E-state index contributed by atoms with van der Waals surface area (Å²) in [7, 11) is 1.62. The largest absolute Gasteiger partial charge is 0.491 e. The minimum absolute atomic E-state index is 0.0404. The number of benzene rings is 2. The Labute approximate surface area is 194 Å². The Hall–Kier alpha value is -3.10. The lowest BCUT2D eigenvalue weighted by molar-refractivity contribution is -0.116. The molecule has 2 heterocycles. The second kappa shape index (κ2) is 11.2. The molecule has 0 aliphatic carbocycles. The van der Waals surface area contributed by atoms with E-state index < -0.39 is 0 Å². The minimum Gasteiger partial charge on any atom is -0.491 e. The molecule has 2 saturated heterocycles. The number of ether oxygens (including phenoxy) is 3. The number of hydrogen-bond donors (Lipinski definition) is 1. The first-order chi connectivity index (χ1) is 16.1. The normalized spacial score (nSPS) is 18.1. The maximum absolute atomic E-state index is 12.7. The summed E-state index contributed by atoms with van der Waals surface area (Å²) >= 11 is 0. The first kappa shape index (κ1) is 23.1. The Morgan fingerprint density at radius 1 is 1.06 bits per heavy atom. The highest BCUT2D eigenvalue weighted by Crippen LogP contribution is 2.20. The molecule has 8 nitrogen and oxygen atoms in total. The third-order valence-electron chi connectivity index (χ3n) is 5.82. The Bertz CT molecular complexity index is 920. The Kier molecular flexibility index (Phi) is 7.80. The van der Waals surface area contributed by atoms with Crippen molar-refractivity contribution >= 4 is 23.2 Å². The van der Waals surface area contributed by atoms with Gasteiger partial charge in [-0.25, -0.2) is 0 Å². The van der Waals surface area contributed by atoms with Crippen molar-refractivity contribution in [3.05, 3.63) is 54.1 Å². The average molecular weight is 454 g/mol. The number of nitrogens with zero attached hydrogens (tertiary/aromatic N) is 2. The van der Waals surface area contributed by atoms with Gasteiger partial charge in [-0.15, -0.1) is 0 Å². The molecule has 2 aromatic rings. The molecule has 2 aliphatic rings. The number of rotatable bonds is 8. The molecule has 1 atom stereocenters. The van der Waals surface area contributed by atoms with Crippen LogP contribution in [-0.4, -0.2) is 75.9 Å². The maximum Gasteiger partial charge on any atom is 0.254 e. The topological polar surface area (TPSA) is 80.3 Å². The van der Waals surface area contributed by atoms with Crippen LogP contribution in [0.15, 0.2) is 48.5 Å². The standard InChI is InChI=1S/C25H31N3O5/c1-27(25(30)19-4-10-22(11-5-19)33-18-23-3-2-14-32-23)17-24(29)26-20-6-8-21(9-7-20)28-12-15-31-16-13-28/h4-11,23H,2-3,12-18H2,1H3,(H,26,29)/t23-/m1/s1. The molecule has 8 heteroatoms. The van der Waals surface area contributed by atoms with Crippen molar-refractivity contribution in [2.45, 2.75) is 18.9 Å². The molecule has 2 aliphatic heterocycles. The van der Waals surface area contributed by atoms with Gasteiger partial charge in [-0.2, -0.15) is 0 Å². The van der Waals surface area contributed by atoms with E-state index in [1.807, 2.05) is 24.3 Å². The van der Waals surface area contributed by atoms with E-state index in [0.717, 1.165) is 51.4 Å². The number of nitrogens with one attached hydrogen (secondary N) is 1. The van der Waals surface area contributed by atoms with Gasteiger partial charge in [0.1, 0.15) is 12.4 Å². The zero-order valence-electron chi connectivity index (χ0n) is 19.0. The van der Waals surface area contributed by atoms with E-state index in [1.54, 1.807) is 31.3 Å². The van der Waals surface area contributed by atoms with Gasteiger partial charge >= 0.3 is 0 Å². The molecule has 176 valence electrons. The number of hydrogen-bond acceptors (Lipinski definition) is 6. The lowest BCUT2D eigenvalue weighted by Crippen LogP contribution is -2.36. The molecular weight excluding hydrogens is 422 g/mol. The van der Waals surface area contributed by atoms with Crippen LogP contribution in [-0.2, 0) is 14.3 Å². The van der Waals surface area contributed by atoms with Crippen molar-refractivity contribution in [3.8, 4) is 5.75 Å². The summed E-state index contributed by atoms with van der Waals surface area (Å²) in [6, 6.07) is 14.7. The van der Waals surface area contributed by atoms with Gasteiger partial charge in [-0.3, -0.25) is 9.59 Å². The Morgan fingerprint density at radius 3 is 2.45 bits per heavy atom. The van der Waals surface area contributed by atoms with Gasteiger partial charge in [-0.05, 0) is 61.4 Å². The van der Waals surface area contributed by atoms with Gasteiger partial charge in [0.05, 0.1) is 25.9 Å². The molecule has 4 rings (SSSR count). The molecule has 2 aromatic carbocycles. The van der Waals surface area contributed by atoms with Gasteiger partial charge in [0, 0.05) is 43.7 Å². The molecule has 0 unspecified atom stereocenters. The van der Waals surface area contributed by atoms with Gasteiger partial charge in [-0.1, -0.05) is 0 Å². The van der Waals surface area contributed by atoms with Crippen LogP contribution in [0.3, 0.4) is 0 Å². The fourth-order valence-electron chi connectivity index (χ4n) is 3.94. The molecule has 0 saturated carbocycles. The van der Waals surface area contributed by atoms with Gasteiger partial charge < -0.3 is 29.3 Å². The third-order valence-corrected chi connectivity index (χ3v) is 5.82. The van der Waals surface area contributed by atoms with Crippen LogP contribution in [0.2, 0.25) is 0 Å². The average Bonchev–Trinajstić information content (AvgIpc) is 3.37. The molecule has 2 fully saturated rings. The molecule has 2 amide bonds. The first-order valence-corrected chi connectivity index (χ1v) is 11.4. The molecule has 0 bridgehead atoms. The zero-order valence-corrected chi connectivity index (χ0v) is 19.0. The van der Waals surface area contributed by atoms with Gasteiger partial charge in [0.25, 0.3) is 5.91 Å². The van der Waals surface area contributed by atoms with E-state index in [-0.39, 0.29) is 24.5 Å². The highest BCUT2D eigenvalue weighted by molar-refractivity contribution is 5.99. The van der Waals surface area contributed by atoms with E-state index in [9.17, 15) is 9.59 Å². The number of amides is 2. The van der Waals surface area contributed by atoms with E-state index in [1.165, 1.54) is 4.90 Å². The van der Waals surface area contributed by atoms with Gasteiger partial charge in [0.15, 0.2) is 0 Å². The van der Waals surface area contributed by atoms with Crippen molar-refractivity contribution in [2.75, 3.05) is 63.3 Å². The summed E-state index contributed by atoms with van der Waals surface area (Å²) in [5, 5.41) is 2.85. The van der Waals surface area contributed by atoms with E-state index >= 15 is 0 Å². The predicted molar refractivity (Wildman–Crippen MR) is 126 cm³/mol. The Balaban J connectivity index is 1.24. The van der Waals surface area contributed by atoms with Crippen LogP contribution in [0.4, 0.5) is 11.4 Å². The summed E-state index contributed by atoms with van der Waals surface area (Å²) in [6.45, 7) is 4.44. The summed E-state index contributed by atoms with van der Waals surface area (Å²) in [5.41, 5.74) is 2.31. The summed E-state index contributed by atoms with van der Waals surface area (Å²) in [6.07, 6.45) is 2.23. The maximum atomic E-state index is 12.7. The third kappa shape index (κ3) is 6.46. The number of carbonyl (C=O) groups excluding carboxylic acids is 2. The van der Waals surface area contributed by atoms with Crippen LogP contribution >= 0.6 is 0 Å². The summed E-state index contributed by atoms with van der Waals surface area (Å²) in [5.74, 6) is 0.225. The molecule has 33 heavy (non-hydrogen) atoms. The fraction of sp³-hybridized carbons (Fsp3) is 0.440. The smallest absolute Gasteiger partial charge is 0.254 e. The van der Waals surface area contributed by atoms with Crippen molar-refractivity contribution in [1.29, 1.82) is 0 Å². The second-order valence-electron chi connectivity index (χ2n) is 8.33. The Morgan fingerprint density at radius 2 is 1.79 bits per heavy atom. The highest BCUT2D eigenvalue weighted by atomic mass is 16.5. The second-order valence-corrected chi connectivity index (χ2v) is 8.33. The summed E-state index contributed by atoms with van der Waals surface area (Å²) in [4.78, 5) is 28.8. The number of anilines is 2. The van der Waals surface area contributed by atoms with Crippen LogP contribution in [0.5, 0.6) is 5.75 Å². The lowest BCUT2D eigenvalue weighted by Gasteiger charge is -2.28. The van der Waals surface area contributed by atoms with E-state index in [0.29, 0.717) is 23.6 Å². The monoisotopic (exact) mass is 453 g/mol. The van der Waals surface area contributed by atoms with Crippen LogP contribution in [0.25, 0.3) is 0 Å². The quantitative estimate of drug-likeness (QED) is 0.662. The van der Waals surface area contributed by atoms with E-state index in [2.05, 4.69) is 10.2 Å². The molecular formula is C25H31N3O5. The minimum atomic E-state index is -0.249. The SMILES string of the molecule is CN(CC(=O)Nc1ccc(N2CCOCC2)cc1)C(=O)c1ccc(OC[C@H]2CCCO2)cc1. The highest BCUT2D eigenvalue weighted by Gasteiger charge is 2.18. The van der Waals surface area contributed by atoms with Crippen molar-refractivity contribution in [2.24, 2.45) is 0 Å². The lowest BCUT2D eigenvalue weighted by atomic mass is 10.2. The van der Waals surface area contributed by atoms with Crippen LogP contribution in [0.1, 0.15) is 23.2 Å². The van der Waals surface area contributed by atoms with Crippen molar-refractivity contribution in [1.82, 2.24) is 4.90 Å². The predicted octanol–water partition coefficient (Wildman–Crippen LogP) is 2.79. The fourth-order valence-corrected chi connectivity index (χ4v) is 3.94. The molecule has 1 N–H and O–H groups in total. The molecule has 0 radical (unpaired) electrons. The molecule has 0 aromatic heterocycles. The van der Waals surface area contributed by atoms with E-state index in [4.69, 9.17) is 14.2 Å². The number of likely N-dealkylation sites (N-methyl/N-ethyl adjacent to an activating group) is 1. The van der Waals surface area contributed by atoms with Gasteiger partial charge in [0.2, 0.25) is 5.91 Å². The first-order valence-electron chi connectivity index (χ1n) is 11.4. The molecule has 0 spiro atoms. The zero-order chi connectivity index (χ0) is 23.0. The van der Waals surface area contributed by atoms with Crippen LogP contribution < -0.4 is 15.0 Å². The van der Waals surface area contributed by atoms with Crippen molar-refractivity contribution in [3.63, 3.8) is 0 Å². The number of morpholine rings is 1. The number of carbonyl (C=O) groups is 2. The summed E-state index contributed by atoms with van der Waals surface area (Å²) < 4.78 is 16.7. The van der Waals surface area contributed by atoms with Crippen molar-refractivity contribution < 1.29 is 23.8 Å². The van der Waals surface area contributed by atoms with Crippen LogP contribution in [0, 0.1) is 0 Å².